The van der Waals surface area contributed by atoms with E-state index in [4.69, 9.17) is 4.98 Å². The summed E-state index contributed by atoms with van der Waals surface area (Å²) >= 11 is 0. The lowest BCUT2D eigenvalue weighted by atomic mass is 9.73. The van der Waals surface area contributed by atoms with Gasteiger partial charge in [0, 0.05) is 18.8 Å². The van der Waals surface area contributed by atoms with E-state index in [1.165, 1.54) is 36.2 Å². The monoisotopic (exact) mass is 216 g/mol. The van der Waals surface area contributed by atoms with Gasteiger partial charge in [-0.3, -0.25) is 4.98 Å². The van der Waals surface area contributed by atoms with Crippen LogP contribution in [0.3, 0.4) is 0 Å². The molecule has 16 heavy (non-hydrogen) atoms. The first kappa shape index (κ1) is 10.3. The van der Waals surface area contributed by atoms with Crippen LogP contribution in [0.25, 0.3) is 0 Å². The molecule has 0 fully saturated rings. The van der Waals surface area contributed by atoms with E-state index in [9.17, 15) is 0 Å². The third-order valence-electron chi connectivity index (χ3n) is 4.12. The molecule has 2 aliphatic rings. The van der Waals surface area contributed by atoms with Crippen molar-refractivity contribution >= 4 is 0 Å². The Morgan fingerprint density at radius 1 is 1.12 bits per heavy atom. The van der Waals surface area contributed by atoms with E-state index >= 15 is 0 Å². The summed E-state index contributed by atoms with van der Waals surface area (Å²) in [5, 5.41) is 3.42. The zero-order chi connectivity index (χ0) is 11.3. The van der Waals surface area contributed by atoms with Gasteiger partial charge in [0.2, 0.25) is 0 Å². The predicted octanol–water partition coefficient (Wildman–Crippen LogP) is 2.51. The lowest BCUT2D eigenvalue weighted by Gasteiger charge is -2.33. The van der Waals surface area contributed by atoms with Gasteiger partial charge < -0.3 is 5.32 Å². The summed E-state index contributed by atoms with van der Waals surface area (Å²) in [6.45, 7) is 8.93. The molecule has 1 aliphatic heterocycles. The van der Waals surface area contributed by atoms with E-state index in [-0.39, 0.29) is 0 Å². The molecule has 2 heteroatoms. The van der Waals surface area contributed by atoms with Gasteiger partial charge in [-0.15, -0.1) is 0 Å². The summed E-state index contributed by atoms with van der Waals surface area (Å²) in [6.07, 6.45) is 3.76. The summed E-state index contributed by atoms with van der Waals surface area (Å²) in [6, 6.07) is 0. The Morgan fingerprint density at radius 3 is 2.75 bits per heavy atom. The van der Waals surface area contributed by atoms with Crippen LogP contribution < -0.4 is 5.32 Å². The second kappa shape index (κ2) is 3.30. The highest BCUT2D eigenvalue weighted by Gasteiger charge is 2.30. The molecule has 1 aromatic rings. The number of pyridine rings is 1. The molecule has 0 spiro atoms. The first-order valence-corrected chi connectivity index (χ1v) is 6.28. The van der Waals surface area contributed by atoms with E-state index in [0.29, 0.717) is 5.41 Å². The zero-order valence-electron chi connectivity index (χ0n) is 10.5. The van der Waals surface area contributed by atoms with Gasteiger partial charge in [0.15, 0.2) is 0 Å². The Kier molecular flexibility index (Phi) is 2.12. The molecule has 0 bridgehead atoms. The van der Waals surface area contributed by atoms with Gasteiger partial charge >= 0.3 is 0 Å². The van der Waals surface area contributed by atoms with Crippen LogP contribution in [0.1, 0.15) is 48.3 Å². The number of rotatable bonds is 0. The Balaban J connectivity index is 2.15. The number of aryl methyl sites for hydroxylation is 1. The van der Waals surface area contributed by atoms with Crippen molar-refractivity contribution in [3.63, 3.8) is 0 Å². The van der Waals surface area contributed by atoms with Crippen molar-refractivity contribution in [3.8, 4) is 0 Å². The smallest absolute Gasteiger partial charge is 0.0592 e. The van der Waals surface area contributed by atoms with Crippen LogP contribution in [0.5, 0.6) is 0 Å². The summed E-state index contributed by atoms with van der Waals surface area (Å²) < 4.78 is 0. The van der Waals surface area contributed by atoms with Crippen molar-refractivity contribution in [1.29, 1.82) is 0 Å². The van der Waals surface area contributed by atoms with Crippen molar-refractivity contribution < 1.29 is 0 Å². The van der Waals surface area contributed by atoms with Crippen LogP contribution in [0.2, 0.25) is 0 Å². The third kappa shape index (κ3) is 1.47. The van der Waals surface area contributed by atoms with Gasteiger partial charge in [0.05, 0.1) is 5.69 Å². The van der Waals surface area contributed by atoms with Crippen molar-refractivity contribution in [2.45, 2.75) is 53.1 Å². The largest absolute Gasteiger partial charge is 0.307 e. The number of hydrogen-bond donors (Lipinski definition) is 1. The Labute approximate surface area is 97.5 Å². The zero-order valence-corrected chi connectivity index (χ0v) is 10.5. The average Bonchev–Trinajstić information content (AvgIpc) is 2.65. The molecule has 0 radical (unpaired) electrons. The Morgan fingerprint density at radius 2 is 1.94 bits per heavy atom. The summed E-state index contributed by atoms with van der Waals surface area (Å²) in [5.74, 6) is 0. The molecule has 0 saturated carbocycles. The minimum Gasteiger partial charge on any atom is -0.307 e. The molecule has 0 amide bonds. The van der Waals surface area contributed by atoms with Crippen LogP contribution in [0.15, 0.2) is 0 Å². The lowest BCUT2D eigenvalue weighted by molar-refractivity contribution is 0.313. The molecule has 1 aliphatic carbocycles. The standard InChI is InChI=1S/C14H20N2/c1-9-11-6-14(2,3)5-4-10(11)12-7-15-8-13(12)16-9/h15H,4-8H2,1-3H3. The fraction of sp³-hybridized carbons (Fsp3) is 0.643. The number of nitrogens with zero attached hydrogens (tertiary/aromatic N) is 1. The number of aromatic nitrogens is 1. The van der Waals surface area contributed by atoms with Crippen molar-refractivity contribution in [2.75, 3.05) is 0 Å². The quantitative estimate of drug-likeness (QED) is 0.721. The second-order valence-electron chi connectivity index (χ2n) is 6.02. The maximum absolute atomic E-state index is 4.77. The van der Waals surface area contributed by atoms with E-state index in [0.717, 1.165) is 13.1 Å². The molecular formula is C14H20N2. The molecule has 1 N–H and O–H groups in total. The molecule has 0 atom stereocenters. The van der Waals surface area contributed by atoms with Gasteiger partial charge in [0.25, 0.3) is 0 Å². The molecule has 0 unspecified atom stereocenters. The molecule has 0 saturated heterocycles. The van der Waals surface area contributed by atoms with Crippen LogP contribution >= 0.6 is 0 Å². The number of nitrogens with one attached hydrogen (secondary N) is 1. The van der Waals surface area contributed by atoms with Crippen molar-refractivity contribution in [3.05, 3.63) is 28.1 Å². The summed E-state index contributed by atoms with van der Waals surface area (Å²) in [4.78, 5) is 4.77. The first-order chi connectivity index (χ1) is 7.57. The van der Waals surface area contributed by atoms with Gasteiger partial charge in [-0.05, 0) is 48.3 Å². The van der Waals surface area contributed by atoms with Gasteiger partial charge in [-0.2, -0.15) is 0 Å². The van der Waals surface area contributed by atoms with Gasteiger partial charge in [-0.25, -0.2) is 0 Å². The summed E-state index contributed by atoms with van der Waals surface area (Å²) in [5.41, 5.74) is 7.70. The topological polar surface area (TPSA) is 24.9 Å². The van der Waals surface area contributed by atoms with E-state index in [1.54, 1.807) is 11.1 Å². The minimum atomic E-state index is 0.458. The molecule has 86 valence electrons. The minimum absolute atomic E-state index is 0.458. The predicted molar refractivity (Wildman–Crippen MR) is 65.3 cm³/mol. The van der Waals surface area contributed by atoms with Crippen molar-refractivity contribution in [1.82, 2.24) is 10.3 Å². The second-order valence-corrected chi connectivity index (χ2v) is 6.02. The Bertz CT molecular complexity index is 447. The van der Waals surface area contributed by atoms with Crippen LogP contribution in [-0.4, -0.2) is 4.98 Å². The Hall–Kier alpha value is -0.890. The lowest BCUT2D eigenvalue weighted by Crippen LogP contribution is -2.24. The van der Waals surface area contributed by atoms with Crippen molar-refractivity contribution in [2.24, 2.45) is 5.41 Å². The molecule has 2 heterocycles. The van der Waals surface area contributed by atoms with E-state index < -0.39 is 0 Å². The fourth-order valence-electron chi connectivity index (χ4n) is 3.14. The molecule has 1 aromatic heterocycles. The fourth-order valence-corrected chi connectivity index (χ4v) is 3.14. The van der Waals surface area contributed by atoms with E-state index in [2.05, 4.69) is 26.1 Å². The third-order valence-corrected chi connectivity index (χ3v) is 4.12. The molecular weight excluding hydrogens is 196 g/mol. The maximum Gasteiger partial charge on any atom is 0.0592 e. The summed E-state index contributed by atoms with van der Waals surface area (Å²) in [7, 11) is 0. The molecule has 2 nitrogen and oxygen atoms in total. The number of fused-ring (bicyclic) bond motifs is 3. The maximum atomic E-state index is 4.77. The normalized spacial score (nSPS) is 21.7. The average molecular weight is 216 g/mol. The van der Waals surface area contributed by atoms with Crippen LogP contribution in [0.4, 0.5) is 0 Å². The molecule has 0 aromatic carbocycles. The highest BCUT2D eigenvalue weighted by molar-refractivity contribution is 5.44. The number of hydrogen-bond acceptors (Lipinski definition) is 2. The highest BCUT2D eigenvalue weighted by Crippen LogP contribution is 2.38. The van der Waals surface area contributed by atoms with E-state index in [1.807, 2.05) is 0 Å². The molecule has 3 rings (SSSR count). The van der Waals surface area contributed by atoms with Crippen LogP contribution in [-0.2, 0) is 25.9 Å². The first-order valence-electron chi connectivity index (χ1n) is 6.28. The highest BCUT2D eigenvalue weighted by atomic mass is 14.9. The van der Waals surface area contributed by atoms with Gasteiger partial charge in [-0.1, -0.05) is 13.8 Å². The van der Waals surface area contributed by atoms with Gasteiger partial charge in [0.1, 0.15) is 0 Å². The SMILES string of the molecule is Cc1nc2c(c3c1CC(C)(C)CC3)CNC2. The van der Waals surface area contributed by atoms with Crippen LogP contribution in [0, 0.1) is 12.3 Å².